The molecule has 1 saturated heterocycles. The van der Waals surface area contributed by atoms with Crippen molar-refractivity contribution in [1.29, 1.82) is 0 Å². The fourth-order valence-electron chi connectivity index (χ4n) is 5.48. The molecule has 0 amide bonds. The minimum Gasteiger partial charge on any atom is -0.394 e. The summed E-state index contributed by atoms with van der Waals surface area (Å²) >= 11 is 0. The summed E-state index contributed by atoms with van der Waals surface area (Å²) in [4.78, 5) is 25.7. The highest BCUT2D eigenvalue weighted by molar-refractivity contribution is 4.94. The molecule has 0 saturated carbocycles. The van der Waals surface area contributed by atoms with Crippen LogP contribution in [0.5, 0.6) is 0 Å². The Labute approximate surface area is 235 Å². The van der Waals surface area contributed by atoms with Crippen LogP contribution in [-0.4, -0.2) is 51.3 Å². The Kier molecular flexibility index (Phi) is 18.4. The zero-order chi connectivity index (χ0) is 28.1. The lowest BCUT2D eigenvalue weighted by Gasteiger charge is -2.22. The summed E-state index contributed by atoms with van der Waals surface area (Å²) in [5.74, 6) is 0. The van der Waals surface area contributed by atoms with Crippen LogP contribution in [0.1, 0.15) is 142 Å². The van der Waals surface area contributed by atoms with Crippen molar-refractivity contribution < 1.29 is 19.7 Å². The van der Waals surface area contributed by atoms with Gasteiger partial charge in [-0.3, -0.25) is 14.3 Å². The predicted octanol–water partition coefficient (Wildman–Crippen LogP) is 5.99. The minimum atomic E-state index is -1.05. The lowest BCUT2D eigenvalue weighted by Crippen LogP contribution is -2.39. The Morgan fingerprint density at radius 1 is 0.795 bits per heavy atom. The number of aromatic amines is 1. The van der Waals surface area contributed by atoms with Gasteiger partial charge in [-0.15, -0.1) is 0 Å². The van der Waals surface area contributed by atoms with Crippen LogP contribution in [-0.2, 0) is 9.47 Å². The van der Waals surface area contributed by atoms with Gasteiger partial charge < -0.3 is 19.7 Å². The lowest BCUT2D eigenvalue weighted by molar-refractivity contribution is -0.0749. The third kappa shape index (κ3) is 13.6. The van der Waals surface area contributed by atoms with Crippen LogP contribution in [0.25, 0.3) is 0 Å². The Morgan fingerprint density at radius 3 is 1.69 bits per heavy atom. The van der Waals surface area contributed by atoms with Crippen LogP contribution in [0.2, 0.25) is 0 Å². The third-order valence-corrected chi connectivity index (χ3v) is 7.93. The second-order valence-electron chi connectivity index (χ2n) is 11.3. The van der Waals surface area contributed by atoms with E-state index in [0.717, 1.165) is 19.3 Å². The third-order valence-electron chi connectivity index (χ3n) is 7.93. The molecule has 3 N–H and O–H groups in total. The van der Waals surface area contributed by atoms with Gasteiger partial charge in [-0.2, -0.15) is 0 Å². The van der Waals surface area contributed by atoms with Gasteiger partial charge in [0.05, 0.1) is 6.61 Å². The lowest BCUT2D eigenvalue weighted by atomic mass is 10.0. The Bertz CT molecular complexity index is 841. The molecule has 1 aliphatic heterocycles. The molecule has 2 rings (SSSR count). The van der Waals surface area contributed by atoms with E-state index in [4.69, 9.17) is 9.47 Å². The Balaban J connectivity index is 1.42. The second-order valence-corrected chi connectivity index (χ2v) is 11.3. The van der Waals surface area contributed by atoms with E-state index in [1.54, 1.807) is 0 Å². The van der Waals surface area contributed by atoms with Crippen LogP contribution < -0.4 is 11.2 Å². The zero-order valence-electron chi connectivity index (χ0n) is 24.5. The number of nitrogens with zero attached hydrogens (tertiary/aromatic N) is 1. The van der Waals surface area contributed by atoms with E-state index in [1.165, 1.54) is 126 Å². The van der Waals surface area contributed by atoms with Gasteiger partial charge in [0, 0.05) is 18.9 Å². The van der Waals surface area contributed by atoms with Crippen molar-refractivity contribution in [2.75, 3.05) is 13.2 Å². The van der Waals surface area contributed by atoms with Gasteiger partial charge >= 0.3 is 5.69 Å². The Morgan fingerprint density at radius 2 is 1.26 bits per heavy atom. The smallest absolute Gasteiger partial charge is 0.330 e. The molecule has 0 bridgehead atoms. The molecular formula is C31H56N2O6. The normalized spacial score (nSPS) is 21.1. The summed E-state index contributed by atoms with van der Waals surface area (Å²) in [5, 5.41) is 20.0. The second kappa shape index (κ2) is 21.3. The highest BCUT2D eigenvalue weighted by Gasteiger charge is 2.45. The fraction of sp³-hybridized carbons (Fsp3) is 0.871. The summed E-state index contributed by atoms with van der Waals surface area (Å²) < 4.78 is 12.8. The van der Waals surface area contributed by atoms with Crippen molar-refractivity contribution in [3.05, 3.63) is 33.1 Å². The van der Waals surface area contributed by atoms with Crippen molar-refractivity contribution in [3.63, 3.8) is 0 Å². The maximum Gasteiger partial charge on any atom is 0.330 e. The molecule has 8 nitrogen and oxygen atoms in total. The number of hydrogen-bond donors (Lipinski definition) is 3. The first-order valence-electron chi connectivity index (χ1n) is 16.0. The van der Waals surface area contributed by atoms with Gasteiger partial charge in [-0.05, 0) is 6.42 Å². The number of unbranched alkanes of at least 4 members (excludes halogenated alkanes) is 19. The zero-order valence-corrected chi connectivity index (χ0v) is 24.5. The first-order chi connectivity index (χ1) is 19.1. The number of H-pyrrole nitrogens is 1. The van der Waals surface area contributed by atoms with E-state index in [0.29, 0.717) is 6.61 Å². The molecule has 1 fully saturated rings. The first kappa shape index (κ1) is 33.7. The number of aliphatic hydroxyl groups excluding tert-OH is 2. The van der Waals surface area contributed by atoms with Gasteiger partial charge in [0.2, 0.25) is 0 Å². The molecule has 4 atom stereocenters. The van der Waals surface area contributed by atoms with Crippen LogP contribution in [0.15, 0.2) is 21.9 Å². The summed E-state index contributed by atoms with van der Waals surface area (Å²) in [6.45, 7) is 2.34. The highest BCUT2D eigenvalue weighted by atomic mass is 16.6. The van der Waals surface area contributed by atoms with E-state index in [-0.39, 0.29) is 6.61 Å². The van der Waals surface area contributed by atoms with E-state index in [1.807, 2.05) is 0 Å². The van der Waals surface area contributed by atoms with Crippen molar-refractivity contribution in [2.45, 2.75) is 160 Å². The monoisotopic (exact) mass is 552 g/mol. The van der Waals surface area contributed by atoms with Gasteiger partial charge in [0.1, 0.15) is 18.3 Å². The molecule has 226 valence electrons. The van der Waals surface area contributed by atoms with E-state index < -0.39 is 35.8 Å². The molecule has 0 spiro atoms. The number of rotatable bonds is 24. The molecule has 0 aliphatic carbocycles. The van der Waals surface area contributed by atoms with Crippen LogP contribution in [0, 0.1) is 0 Å². The molecule has 39 heavy (non-hydrogen) atoms. The number of aromatic nitrogens is 2. The highest BCUT2D eigenvalue weighted by Crippen LogP contribution is 2.30. The van der Waals surface area contributed by atoms with Crippen LogP contribution in [0.4, 0.5) is 0 Å². The van der Waals surface area contributed by atoms with Crippen molar-refractivity contribution in [1.82, 2.24) is 9.55 Å². The summed E-state index contributed by atoms with van der Waals surface area (Å²) in [6.07, 6.45) is 24.3. The van der Waals surface area contributed by atoms with Gasteiger partial charge in [0.25, 0.3) is 5.56 Å². The van der Waals surface area contributed by atoms with Gasteiger partial charge in [-0.1, -0.05) is 129 Å². The standard InChI is InChI=1S/C31H56N2O6/c1-2-3-4-5-6-7-8-9-10-11-12-13-14-15-16-17-18-19-20-21-24-38-29-28(36)26(25-34)39-30(29)33-23-22-27(35)32-31(33)37/h22-23,26,28-30,34,36H,2-21,24-25H2,1H3,(H,32,35,37)/t26-,28?,29?,30-/m1/s1. The molecule has 0 radical (unpaired) electrons. The molecule has 2 unspecified atom stereocenters. The summed E-state index contributed by atoms with van der Waals surface area (Å²) in [7, 11) is 0. The van der Waals surface area contributed by atoms with Crippen LogP contribution >= 0.6 is 0 Å². The van der Waals surface area contributed by atoms with Crippen molar-refractivity contribution in [2.24, 2.45) is 0 Å². The maximum atomic E-state index is 12.2. The predicted molar refractivity (Wildman–Crippen MR) is 156 cm³/mol. The quantitative estimate of drug-likeness (QED) is 0.136. The molecular weight excluding hydrogens is 496 g/mol. The largest absolute Gasteiger partial charge is 0.394 e. The van der Waals surface area contributed by atoms with E-state index >= 15 is 0 Å². The minimum absolute atomic E-state index is 0.380. The molecule has 2 heterocycles. The number of nitrogens with one attached hydrogen (secondary N) is 1. The Hall–Kier alpha value is -1.48. The summed E-state index contributed by atoms with van der Waals surface area (Å²) in [5.41, 5.74) is -1.14. The SMILES string of the molecule is CCCCCCCCCCCCCCCCCCCCCCOC1C(O)[C@@H](CO)O[C@H]1n1ccc(=O)[nH]c1=O. The first-order valence-corrected chi connectivity index (χ1v) is 16.0. The molecule has 1 aromatic heterocycles. The maximum absolute atomic E-state index is 12.2. The fourth-order valence-corrected chi connectivity index (χ4v) is 5.48. The topological polar surface area (TPSA) is 114 Å². The number of aliphatic hydroxyl groups is 2. The average molecular weight is 553 g/mol. The van der Waals surface area contributed by atoms with Crippen LogP contribution in [0.3, 0.4) is 0 Å². The van der Waals surface area contributed by atoms with Crippen molar-refractivity contribution in [3.8, 4) is 0 Å². The van der Waals surface area contributed by atoms with E-state index in [2.05, 4.69) is 11.9 Å². The van der Waals surface area contributed by atoms with Crippen molar-refractivity contribution >= 4 is 0 Å². The summed E-state index contributed by atoms with van der Waals surface area (Å²) in [6, 6.07) is 1.22. The number of ether oxygens (including phenoxy) is 2. The van der Waals surface area contributed by atoms with Gasteiger partial charge in [0.15, 0.2) is 6.23 Å². The number of hydrogen-bond acceptors (Lipinski definition) is 6. The molecule has 1 aliphatic rings. The average Bonchev–Trinajstić information content (AvgIpc) is 3.24. The van der Waals surface area contributed by atoms with E-state index in [9.17, 15) is 19.8 Å². The van der Waals surface area contributed by atoms with Gasteiger partial charge in [-0.25, -0.2) is 4.79 Å². The molecule has 0 aromatic carbocycles. The molecule has 1 aromatic rings. The molecule has 8 heteroatoms.